The highest BCUT2D eigenvalue weighted by molar-refractivity contribution is 7.11. The maximum Gasteiger partial charge on any atom is 0.411 e. The summed E-state index contributed by atoms with van der Waals surface area (Å²) in [7, 11) is 0. The van der Waals surface area contributed by atoms with E-state index in [1.807, 2.05) is 17.5 Å². The fraction of sp³-hybridized carbons (Fsp3) is 0.474. The number of carbonyl (C=O) groups is 2. The van der Waals surface area contributed by atoms with E-state index in [9.17, 15) is 9.59 Å². The fourth-order valence-electron chi connectivity index (χ4n) is 3.42. The average molecular weight is 375 g/mol. The van der Waals surface area contributed by atoms with Crippen LogP contribution in [0.1, 0.15) is 43.9 Å². The van der Waals surface area contributed by atoms with Crippen LogP contribution in [0.4, 0.5) is 4.79 Å². The van der Waals surface area contributed by atoms with Crippen molar-refractivity contribution in [2.45, 2.75) is 45.1 Å². The molecule has 1 atom stereocenters. The molecule has 1 saturated heterocycles. The second kappa shape index (κ2) is 8.40. The molecule has 3 rings (SSSR count). The number of rotatable bonds is 4. The molecule has 1 aromatic rings. The van der Waals surface area contributed by atoms with Crippen molar-refractivity contribution in [2.75, 3.05) is 13.2 Å². The van der Waals surface area contributed by atoms with Gasteiger partial charge in [-0.3, -0.25) is 10.1 Å². The predicted molar refractivity (Wildman–Crippen MR) is 102 cm³/mol. The van der Waals surface area contributed by atoms with E-state index in [2.05, 4.69) is 11.4 Å². The third-order valence-corrected chi connectivity index (χ3v) is 5.79. The van der Waals surface area contributed by atoms with E-state index < -0.39 is 6.09 Å². The molecular weight excluding hydrogens is 350 g/mol. The van der Waals surface area contributed by atoms with Gasteiger partial charge in [-0.25, -0.2) is 4.79 Å². The first-order valence-electron chi connectivity index (χ1n) is 8.98. The molecule has 0 radical (unpaired) electrons. The van der Waals surface area contributed by atoms with Crippen LogP contribution >= 0.6 is 11.3 Å². The number of ether oxygens (including phenoxy) is 1. The average Bonchev–Trinajstić information content (AvgIpc) is 3.16. The second-order valence-corrected chi connectivity index (χ2v) is 7.62. The Balaban J connectivity index is 1.58. The van der Waals surface area contributed by atoms with Crippen molar-refractivity contribution in [1.29, 1.82) is 0 Å². The molecule has 2 heterocycles. The van der Waals surface area contributed by atoms with Crippen molar-refractivity contribution >= 4 is 28.9 Å². The van der Waals surface area contributed by atoms with Gasteiger partial charge >= 0.3 is 6.09 Å². The minimum Gasteiger partial charge on any atom is -0.447 e. The number of nitrogens with one attached hydrogen (secondary N) is 1. The van der Waals surface area contributed by atoms with Crippen molar-refractivity contribution in [2.24, 2.45) is 5.73 Å². The molecule has 7 heteroatoms. The van der Waals surface area contributed by atoms with Gasteiger partial charge in [0.05, 0.1) is 11.7 Å². The minimum absolute atomic E-state index is 0.0291. The monoisotopic (exact) mass is 375 g/mol. The molecule has 0 bridgehead atoms. The molecule has 26 heavy (non-hydrogen) atoms. The van der Waals surface area contributed by atoms with Gasteiger partial charge in [-0.05, 0) is 55.2 Å². The van der Waals surface area contributed by atoms with E-state index >= 15 is 0 Å². The number of hydrogen-bond donors (Lipinski definition) is 2. The predicted octanol–water partition coefficient (Wildman–Crippen LogP) is 3.22. The van der Waals surface area contributed by atoms with Crippen LogP contribution in [0, 0.1) is 0 Å². The van der Waals surface area contributed by atoms with Gasteiger partial charge in [0.15, 0.2) is 0 Å². The van der Waals surface area contributed by atoms with E-state index in [1.54, 1.807) is 23.2 Å². The Morgan fingerprint density at radius 3 is 2.96 bits per heavy atom. The zero-order valence-electron chi connectivity index (χ0n) is 15.0. The van der Waals surface area contributed by atoms with Crippen molar-refractivity contribution in [3.8, 4) is 0 Å². The summed E-state index contributed by atoms with van der Waals surface area (Å²) in [6, 6.07) is 4.03. The van der Waals surface area contributed by atoms with E-state index in [4.69, 9.17) is 10.5 Å². The highest BCUT2D eigenvalue weighted by Gasteiger charge is 2.26. The lowest BCUT2D eigenvalue weighted by Crippen LogP contribution is -2.46. The molecular formula is C19H25N3O3S. The van der Waals surface area contributed by atoms with Crippen molar-refractivity contribution < 1.29 is 14.3 Å². The molecule has 0 spiro atoms. The fourth-order valence-corrected chi connectivity index (χ4v) is 4.19. The number of allylic oxidation sites excluding steroid dienone is 3. The van der Waals surface area contributed by atoms with Gasteiger partial charge in [-0.2, -0.15) is 0 Å². The zero-order valence-corrected chi connectivity index (χ0v) is 15.8. The number of nitrogens with zero attached hydrogens (tertiary/aromatic N) is 1. The summed E-state index contributed by atoms with van der Waals surface area (Å²) >= 11 is 1.67. The van der Waals surface area contributed by atoms with Gasteiger partial charge in [0.2, 0.25) is 5.91 Å². The van der Waals surface area contributed by atoms with Crippen LogP contribution in [-0.2, 0) is 9.53 Å². The van der Waals surface area contributed by atoms with Crippen LogP contribution in [-0.4, -0.2) is 36.1 Å². The van der Waals surface area contributed by atoms with E-state index in [-0.39, 0.29) is 18.6 Å². The van der Waals surface area contributed by atoms with Crippen LogP contribution in [0.5, 0.6) is 0 Å². The first-order valence-corrected chi connectivity index (χ1v) is 9.86. The quantitative estimate of drug-likeness (QED) is 0.846. The Morgan fingerprint density at radius 1 is 1.38 bits per heavy atom. The maximum atomic E-state index is 12.2. The Hall–Kier alpha value is -2.28. The SMILES string of the molecule is CC(=O)N1CCCCC1COC(=O)NC1=C(N)CCC(c2cccs2)=C1. The first-order chi connectivity index (χ1) is 12.5. The summed E-state index contributed by atoms with van der Waals surface area (Å²) in [5.41, 5.74) is 8.49. The first kappa shape index (κ1) is 18.5. The van der Waals surface area contributed by atoms with Crippen LogP contribution in [0.25, 0.3) is 5.57 Å². The van der Waals surface area contributed by atoms with Crippen LogP contribution in [0.3, 0.4) is 0 Å². The van der Waals surface area contributed by atoms with Gasteiger partial charge in [0.25, 0.3) is 0 Å². The molecule has 1 aromatic heterocycles. The number of hydrogen-bond acceptors (Lipinski definition) is 5. The molecule has 1 fully saturated rings. The van der Waals surface area contributed by atoms with Crippen molar-refractivity contribution in [3.63, 3.8) is 0 Å². The summed E-state index contributed by atoms with van der Waals surface area (Å²) in [4.78, 5) is 26.9. The van der Waals surface area contributed by atoms with Crippen LogP contribution in [0.15, 0.2) is 35.0 Å². The summed E-state index contributed by atoms with van der Waals surface area (Å²) < 4.78 is 5.38. The van der Waals surface area contributed by atoms with E-state index in [0.717, 1.165) is 32.2 Å². The number of thiophene rings is 1. The Bertz CT molecular complexity index is 724. The van der Waals surface area contributed by atoms with E-state index in [1.165, 1.54) is 10.5 Å². The lowest BCUT2D eigenvalue weighted by atomic mass is 9.99. The summed E-state index contributed by atoms with van der Waals surface area (Å²) in [5, 5.41) is 4.79. The van der Waals surface area contributed by atoms with Crippen LogP contribution in [0.2, 0.25) is 0 Å². The summed E-state index contributed by atoms with van der Waals surface area (Å²) in [6.45, 7) is 2.50. The smallest absolute Gasteiger partial charge is 0.411 e. The number of alkyl carbamates (subject to hydrolysis) is 1. The molecule has 1 aliphatic carbocycles. The highest BCUT2D eigenvalue weighted by atomic mass is 32.1. The molecule has 140 valence electrons. The van der Waals surface area contributed by atoms with Crippen molar-refractivity contribution in [3.05, 3.63) is 39.9 Å². The highest BCUT2D eigenvalue weighted by Crippen LogP contribution is 2.30. The van der Waals surface area contributed by atoms with Crippen molar-refractivity contribution in [1.82, 2.24) is 10.2 Å². The normalized spacial score (nSPS) is 20.6. The summed E-state index contributed by atoms with van der Waals surface area (Å²) in [6.07, 6.45) is 5.88. The Morgan fingerprint density at radius 2 is 2.23 bits per heavy atom. The van der Waals surface area contributed by atoms with Gasteiger partial charge in [0, 0.05) is 24.0 Å². The molecule has 1 aliphatic heterocycles. The third-order valence-electron chi connectivity index (χ3n) is 4.84. The number of carbonyl (C=O) groups excluding carboxylic acids is 2. The van der Waals surface area contributed by atoms with Gasteiger partial charge < -0.3 is 15.4 Å². The topological polar surface area (TPSA) is 84.7 Å². The zero-order chi connectivity index (χ0) is 18.5. The second-order valence-electron chi connectivity index (χ2n) is 6.67. The maximum absolute atomic E-state index is 12.2. The molecule has 6 nitrogen and oxygen atoms in total. The molecule has 3 N–H and O–H groups in total. The van der Waals surface area contributed by atoms with Gasteiger partial charge in [-0.1, -0.05) is 6.07 Å². The Labute approximate surface area is 157 Å². The molecule has 0 aromatic carbocycles. The van der Waals surface area contributed by atoms with Gasteiger partial charge in [-0.15, -0.1) is 11.3 Å². The van der Waals surface area contributed by atoms with Gasteiger partial charge in [0.1, 0.15) is 6.61 Å². The lowest BCUT2D eigenvalue weighted by molar-refractivity contribution is -0.133. The minimum atomic E-state index is -0.527. The lowest BCUT2D eigenvalue weighted by Gasteiger charge is -2.34. The largest absolute Gasteiger partial charge is 0.447 e. The number of amides is 2. The number of piperidine rings is 1. The van der Waals surface area contributed by atoms with E-state index in [0.29, 0.717) is 17.8 Å². The van der Waals surface area contributed by atoms with Crippen LogP contribution < -0.4 is 11.1 Å². The Kier molecular flexibility index (Phi) is 5.98. The standard InChI is InChI=1S/C19H25N3O3S/c1-13(23)22-9-3-2-5-15(22)12-25-19(24)21-17-11-14(7-8-16(17)20)18-6-4-10-26-18/h4,6,10-11,15H,2-3,5,7-9,12,20H2,1H3,(H,21,24). The number of likely N-dealkylation sites (tertiary alicyclic amines) is 1. The third kappa shape index (κ3) is 4.46. The molecule has 0 saturated carbocycles. The molecule has 2 amide bonds. The molecule has 2 aliphatic rings. The summed E-state index contributed by atoms with van der Waals surface area (Å²) in [5.74, 6) is 0.0291. The number of nitrogens with two attached hydrogens (primary N) is 1. The molecule has 1 unspecified atom stereocenters.